The fraction of sp³-hybridized carbons (Fsp3) is 0.179. The molecule has 0 saturated heterocycles. The number of aryl methyl sites for hydroxylation is 1. The van der Waals surface area contributed by atoms with Crippen LogP contribution in [0, 0.1) is 5.82 Å². The number of hydrogen-bond acceptors (Lipinski definition) is 4. The van der Waals surface area contributed by atoms with Crippen LogP contribution in [0.25, 0.3) is 34.7 Å². The molecule has 0 radical (unpaired) electrons. The van der Waals surface area contributed by atoms with Crippen LogP contribution in [0.15, 0.2) is 65.4 Å². The minimum Gasteiger partial charge on any atom is -0.423 e. The summed E-state index contributed by atoms with van der Waals surface area (Å²) >= 11 is 0. The first-order chi connectivity index (χ1) is 16.5. The van der Waals surface area contributed by atoms with Crippen molar-refractivity contribution < 1.29 is 13.6 Å². The van der Waals surface area contributed by atoms with E-state index in [9.17, 15) is 4.79 Å². The number of rotatable bonds is 4. The van der Waals surface area contributed by atoms with Crippen molar-refractivity contribution in [2.75, 3.05) is 4.90 Å². The van der Waals surface area contributed by atoms with Crippen molar-refractivity contribution >= 4 is 23.7 Å². The number of amides is 1. The molecule has 0 fully saturated rings. The maximum absolute atomic E-state index is 15.4. The molecule has 1 amide bonds. The van der Waals surface area contributed by atoms with E-state index in [1.165, 1.54) is 18.0 Å². The first-order valence-corrected chi connectivity index (χ1v) is 11.3. The van der Waals surface area contributed by atoms with E-state index in [1.54, 1.807) is 11.8 Å². The van der Waals surface area contributed by atoms with E-state index in [-0.39, 0.29) is 11.7 Å². The Morgan fingerprint density at radius 3 is 2.56 bits per heavy atom. The summed E-state index contributed by atoms with van der Waals surface area (Å²) in [6.07, 6.45) is 7.09. The molecule has 0 N–H and O–H groups in total. The van der Waals surface area contributed by atoms with E-state index in [0.29, 0.717) is 29.1 Å². The van der Waals surface area contributed by atoms with Crippen molar-refractivity contribution in [2.24, 2.45) is 0 Å². The molecule has 1 aromatic heterocycles. The number of aromatic nitrogens is 2. The Morgan fingerprint density at radius 1 is 1.03 bits per heavy atom. The van der Waals surface area contributed by atoms with Gasteiger partial charge in [0.05, 0.1) is 12.2 Å². The lowest BCUT2D eigenvalue weighted by Crippen LogP contribution is -2.29. The second-order valence-electron chi connectivity index (χ2n) is 8.40. The second kappa shape index (κ2) is 9.06. The van der Waals surface area contributed by atoms with Crippen LogP contribution in [0.5, 0.6) is 0 Å². The van der Waals surface area contributed by atoms with E-state index < -0.39 is 0 Å². The molecule has 3 aromatic carbocycles. The van der Waals surface area contributed by atoms with Gasteiger partial charge in [0, 0.05) is 18.1 Å². The molecule has 0 bridgehead atoms. The molecule has 0 aliphatic carbocycles. The molecule has 1 aliphatic heterocycles. The van der Waals surface area contributed by atoms with Gasteiger partial charge >= 0.3 is 0 Å². The number of carbonyl (C=O) groups is 1. The largest absolute Gasteiger partial charge is 0.423 e. The van der Waals surface area contributed by atoms with Gasteiger partial charge in [0.15, 0.2) is 0 Å². The maximum Gasteiger partial charge on any atom is 0.248 e. The minimum absolute atomic E-state index is 0.0618. The lowest BCUT2D eigenvalue weighted by Gasteiger charge is -2.27. The normalized spacial score (nSPS) is 13.6. The number of fused-ring (bicyclic) bond motifs is 2. The Morgan fingerprint density at radius 2 is 1.82 bits per heavy atom. The van der Waals surface area contributed by atoms with Crippen molar-refractivity contribution in [2.45, 2.75) is 33.2 Å². The van der Waals surface area contributed by atoms with Crippen LogP contribution in [0.2, 0.25) is 0 Å². The summed E-state index contributed by atoms with van der Waals surface area (Å²) in [5.41, 5.74) is 6.32. The van der Waals surface area contributed by atoms with Gasteiger partial charge in [-0.2, -0.15) is 0 Å². The summed E-state index contributed by atoms with van der Waals surface area (Å²) in [5.74, 6) is -0.0958. The molecule has 0 spiro atoms. The summed E-state index contributed by atoms with van der Waals surface area (Å²) in [4.78, 5) is 14.5. The topological polar surface area (TPSA) is 59.2 Å². The summed E-state index contributed by atoms with van der Waals surface area (Å²) < 4.78 is 20.8. The highest BCUT2D eigenvalue weighted by molar-refractivity contribution is 5.96. The van der Waals surface area contributed by atoms with Crippen LogP contribution >= 0.6 is 0 Å². The SMILES string of the molecule is CCCc1ccc2c(c1)N(C(C)=O)Cc1cc(-c3ccccc3-c3nnco3)c(F)cc1/C=C\2. The van der Waals surface area contributed by atoms with Gasteiger partial charge in [-0.1, -0.05) is 55.8 Å². The van der Waals surface area contributed by atoms with Crippen LogP contribution < -0.4 is 4.90 Å². The molecule has 1 aliphatic rings. The monoisotopic (exact) mass is 453 g/mol. The van der Waals surface area contributed by atoms with E-state index >= 15 is 4.39 Å². The lowest BCUT2D eigenvalue weighted by atomic mass is 9.93. The molecule has 4 aromatic rings. The predicted molar refractivity (Wildman–Crippen MR) is 131 cm³/mol. The van der Waals surface area contributed by atoms with Gasteiger partial charge in [0.2, 0.25) is 18.2 Å². The molecule has 0 atom stereocenters. The molecule has 0 saturated carbocycles. The highest BCUT2D eigenvalue weighted by Gasteiger charge is 2.22. The van der Waals surface area contributed by atoms with Gasteiger partial charge in [0.25, 0.3) is 0 Å². The van der Waals surface area contributed by atoms with Gasteiger partial charge < -0.3 is 9.32 Å². The minimum atomic E-state index is -0.358. The number of carbonyl (C=O) groups excluding carboxylic acids is 1. The van der Waals surface area contributed by atoms with E-state index in [4.69, 9.17) is 4.42 Å². The first-order valence-electron chi connectivity index (χ1n) is 11.3. The lowest BCUT2D eigenvalue weighted by molar-refractivity contribution is -0.116. The Balaban J connectivity index is 1.65. The van der Waals surface area contributed by atoms with E-state index in [0.717, 1.165) is 35.2 Å². The average Bonchev–Trinajstić information content (AvgIpc) is 3.36. The van der Waals surface area contributed by atoms with Crippen molar-refractivity contribution in [1.82, 2.24) is 10.2 Å². The first kappa shape index (κ1) is 21.8. The Hall–Kier alpha value is -4.06. The highest BCUT2D eigenvalue weighted by Crippen LogP contribution is 2.36. The fourth-order valence-corrected chi connectivity index (χ4v) is 4.45. The van der Waals surface area contributed by atoms with Gasteiger partial charge in [-0.05, 0) is 58.5 Å². The molecule has 5 rings (SSSR count). The number of anilines is 1. The smallest absolute Gasteiger partial charge is 0.248 e. The summed E-state index contributed by atoms with van der Waals surface area (Å²) in [5, 5.41) is 7.75. The molecular weight excluding hydrogens is 429 g/mol. The standard InChI is InChI=1S/C28H24FN3O2/c1-3-6-19-9-10-20-11-12-21-15-26(29)25(14-22(21)16-32(18(2)33)27(20)13-19)23-7-4-5-8-24(23)28-31-30-17-34-28/h4-5,7-15,17H,3,6,16H2,1-2H3/b12-11-. The van der Waals surface area contributed by atoms with Crippen LogP contribution in [0.1, 0.15) is 42.5 Å². The van der Waals surface area contributed by atoms with Crippen molar-refractivity contribution in [3.8, 4) is 22.6 Å². The molecule has 5 nitrogen and oxygen atoms in total. The molecule has 0 unspecified atom stereocenters. The van der Waals surface area contributed by atoms with Crippen LogP contribution in [-0.4, -0.2) is 16.1 Å². The molecule has 34 heavy (non-hydrogen) atoms. The average molecular weight is 454 g/mol. The molecule has 6 heteroatoms. The van der Waals surface area contributed by atoms with Crippen LogP contribution in [-0.2, 0) is 17.8 Å². The number of benzene rings is 3. The third-order valence-corrected chi connectivity index (χ3v) is 6.11. The third kappa shape index (κ3) is 4.03. The van der Waals surface area contributed by atoms with Gasteiger partial charge in [-0.15, -0.1) is 10.2 Å². The zero-order valence-electron chi connectivity index (χ0n) is 19.1. The Kier molecular flexibility index (Phi) is 5.80. The zero-order valence-corrected chi connectivity index (χ0v) is 19.1. The molecule has 170 valence electrons. The van der Waals surface area contributed by atoms with Gasteiger partial charge in [-0.25, -0.2) is 4.39 Å². The summed E-state index contributed by atoms with van der Waals surface area (Å²) in [7, 11) is 0. The molecular formula is C28H24FN3O2. The highest BCUT2D eigenvalue weighted by atomic mass is 19.1. The van der Waals surface area contributed by atoms with Crippen molar-refractivity contribution in [1.29, 1.82) is 0 Å². The van der Waals surface area contributed by atoms with E-state index in [2.05, 4.69) is 29.3 Å². The summed E-state index contributed by atoms with van der Waals surface area (Å²) in [6.45, 7) is 4.04. The Bertz CT molecular complexity index is 1390. The van der Waals surface area contributed by atoms with Crippen LogP contribution in [0.4, 0.5) is 10.1 Å². The number of hydrogen-bond donors (Lipinski definition) is 0. The molecule has 2 heterocycles. The van der Waals surface area contributed by atoms with Crippen LogP contribution in [0.3, 0.4) is 0 Å². The fourth-order valence-electron chi connectivity index (χ4n) is 4.45. The summed E-state index contributed by atoms with van der Waals surface area (Å²) in [6, 6.07) is 16.9. The van der Waals surface area contributed by atoms with Crippen molar-refractivity contribution in [3.63, 3.8) is 0 Å². The Labute approximate surface area is 197 Å². The second-order valence-corrected chi connectivity index (χ2v) is 8.40. The van der Waals surface area contributed by atoms with E-state index in [1.807, 2.05) is 48.6 Å². The van der Waals surface area contributed by atoms with Gasteiger partial charge in [0.1, 0.15) is 5.82 Å². The zero-order chi connectivity index (χ0) is 23.7. The van der Waals surface area contributed by atoms with Gasteiger partial charge in [-0.3, -0.25) is 4.79 Å². The predicted octanol–water partition coefficient (Wildman–Crippen LogP) is 6.53. The quantitative estimate of drug-likeness (QED) is 0.352. The number of halogens is 1. The maximum atomic E-state index is 15.4. The third-order valence-electron chi connectivity index (χ3n) is 6.11. The number of nitrogens with zero attached hydrogens (tertiary/aromatic N) is 3. The van der Waals surface area contributed by atoms with Crippen molar-refractivity contribution in [3.05, 3.63) is 89.1 Å².